The topological polar surface area (TPSA) is 33.1 Å². The highest BCUT2D eigenvalue weighted by atomic mass is 15.3. The minimum Gasteiger partial charge on any atom is -0.382 e. The van der Waals surface area contributed by atoms with Crippen molar-refractivity contribution in [2.24, 2.45) is 0 Å². The van der Waals surface area contributed by atoms with Crippen LogP contribution >= 0.6 is 0 Å². The molecule has 0 unspecified atom stereocenters. The van der Waals surface area contributed by atoms with Gasteiger partial charge in [-0.1, -0.05) is 12.1 Å². The summed E-state index contributed by atoms with van der Waals surface area (Å²) in [6.45, 7) is 9.88. The maximum atomic E-state index is 4.34. The van der Waals surface area contributed by atoms with Gasteiger partial charge in [-0.05, 0) is 56.9 Å². The predicted octanol–water partition coefficient (Wildman–Crippen LogP) is 3.52. The molecule has 0 atom stereocenters. The number of benzene rings is 1. The summed E-state index contributed by atoms with van der Waals surface area (Å²) in [5, 5.41) is 8.03. The Bertz CT molecular complexity index is 607. The fourth-order valence-electron chi connectivity index (χ4n) is 3.24. The lowest BCUT2D eigenvalue weighted by Gasteiger charge is -2.35. The lowest BCUT2D eigenvalue weighted by molar-refractivity contribution is 0.177. The van der Waals surface area contributed by atoms with Crippen LogP contribution < -0.4 is 5.32 Å². The van der Waals surface area contributed by atoms with E-state index < -0.39 is 0 Å². The maximum absolute atomic E-state index is 4.34. The van der Waals surface area contributed by atoms with Crippen LogP contribution in [0.15, 0.2) is 36.7 Å². The number of aryl methyl sites for hydroxylation is 1. The van der Waals surface area contributed by atoms with Gasteiger partial charge in [-0.2, -0.15) is 5.10 Å². The van der Waals surface area contributed by atoms with Crippen molar-refractivity contribution < 1.29 is 0 Å². The monoisotopic (exact) mass is 312 g/mol. The van der Waals surface area contributed by atoms with E-state index in [-0.39, 0.29) is 0 Å². The molecule has 2 heterocycles. The van der Waals surface area contributed by atoms with Crippen molar-refractivity contribution in [3.63, 3.8) is 0 Å². The number of nitrogens with zero attached hydrogens (tertiary/aromatic N) is 3. The first-order valence-corrected chi connectivity index (χ1v) is 8.69. The molecule has 23 heavy (non-hydrogen) atoms. The molecule has 4 nitrogen and oxygen atoms in total. The zero-order valence-electron chi connectivity index (χ0n) is 14.5. The van der Waals surface area contributed by atoms with Crippen molar-refractivity contribution in [3.05, 3.63) is 47.8 Å². The van der Waals surface area contributed by atoms with Gasteiger partial charge in [-0.25, -0.2) is 0 Å². The summed E-state index contributed by atoms with van der Waals surface area (Å²) in [5.74, 6) is 0. The fraction of sp³-hybridized carbons (Fsp3) is 0.526. The number of hydrogen-bond acceptors (Lipinski definition) is 3. The first-order chi connectivity index (χ1) is 11.1. The third kappa shape index (κ3) is 4.35. The van der Waals surface area contributed by atoms with Crippen LogP contribution in [0.3, 0.4) is 0 Å². The van der Waals surface area contributed by atoms with Gasteiger partial charge in [0.15, 0.2) is 0 Å². The van der Waals surface area contributed by atoms with Gasteiger partial charge < -0.3 is 10.2 Å². The van der Waals surface area contributed by atoms with Gasteiger partial charge in [0.05, 0.1) is 12.7 Å². The number of nitrogens with one attached hydrogen (secondary N) is 1. The molecule has 1 N–H and O–H groups in total. The molecule has 2 aromatic rings. The van der Waals surface area contributed by atoms with Crippen LogP contribution in [0.5, 0.6) is 0 Å². The molecule has 1 aliphatic heterocycles. The van der Waals surface area contributed by atoms with Crippen molar-refractivity contribution >= 4 is 5.69 Å². The second kappa shape index (κ2) is 7.18. The maximum Gasteiger partial charge on any atom is 0.0659 e. The normalized spacial score (nSPS) is 16.9. The Labute approximate surface area is 139 Å². The van der Waals surface area contributed by atoms with Crippen LogP contribution in [0, 0.1) is 6.92 Å². The number of hydrogen-bond donors (Lipinski definition) is 1. The molecular formula is C19H28N4. The Morgan fingerprint density at radius 1 is 1.17 bits per heavy atom. The molecule has 0 spiro atoms. The predicted molar refractivity (Wildman–Crippen MR) is 95.9 cm³/mol. The van der Waals surface area contributed by atoms with Crippen molar-refractivity contribution in [1.82, 2.24) is 14.7 Å². The summed E-state index contributed by atoms with van der Waals surface area (Å²) in [5.41, 5.74) is 3.72. The van der Waals surface area contributed by atoms with Crippen LogP contribution in [0.1, 0.15) is 37.8 Å². The van der Waals surface area contributed by atoms with Crippen molar-refractivity contribution in [2.75, 3.05) is 18.4 Å². The Balaban J connectivity index is 1.52. The highest BCUT2D eigenvalue weighted by molar-refractivity contribution is 5.45. The second-order valence-electron chi connectivity index (χ2n) is 6.96. The Kier molecular flexibility index (Phi) is 5.01. The van der Waals surface area contributed by atoms with Crippen LogP contribution in [0.4, 0.5) is 5.69 Å². The summed E-state index contributed by atoms with van der Waals surface area (Å²) in [6, 6.07) is 10.1. The molecule has 0 radical (unpaired) electrons. The Morgan fingerprint density at radius 2 is 1.87 bits per heavy atom. The summed E-state index contributed by atoms with van der Waals surface area (Å²) in [4.78, 5) is 2.56. The van der Waals surface area contributed by atoms with E-state index in [2.05, 4.69) is 66.5 Å². The van der Waals surface area contributed by atoms with Crippen LogP contribution in [0.25, 0.3) is 0 Å². The van der Waals surface area contributed by atoms with Crippen molar-refractivity contribution in [1.29, 1.82) is 0 Å². The molecule has 0 bridgehead atoms. The molecule has 1 aromatic carbocycles. The van der Waals surface area contributed by atoms with Crippen LogP contribution in [-0.2, 0) is 6.54 Å². The highest BCUT2D eigenvalue weighted by Crippen LogP contribution is 2.18. The summed E-state index contributed by atoms with van der Waals surface area (Å²) in [7, 11) is 0. The third-order valence-corrected chi connectivity index (χ3v) is 4.69. The van der Waals surface area contributed by atoms with E-state index in [1.54, 1.807) is 0 Å². The van der Waals surface area contributed by atoms with E-state index in [1.165, 1.54) is 42.7 Å². The lowest BCUT2D eigenvalue weighted by Crippen LogP contribution is -2.42. The van der Waals surface area contributed by atoms with E-state index in [1.807, 2.05) is 10.9 Å². The van der Waals surface area contributed by atoms with E-state index in [9.17, 15) is 0 Å². The van der Waals surface area contributed by atoms with Crippen LogP contribution in [-0.4, -0.2) is 39.9 Å². The van der Waals surface area contributed by atoms with E-state index in [4.69, 9.17) is 0 Å². The molecule has 0 saturated carbocycles. The molecule has 3 rings (SSSR count). The standard InChI is InChI=1S/C19H28N4/c1-15(2)22-10-8-19(9-11-22)21-18-6-4-17(5-7-18)14-23-13-16(3)12-20-23/h4-7,12-13,15,19,21H,8-11,14H2,1-3H3. The number of aromatic nitrogens is 2. The minimum atomic E-state index is 0.601. The Hall–Kier alpha value is -1.81. The van der Waals surface area contributed by atoms with Crippen molar-refractivity contribution in [3.8, 4) is 0 Å². The number of piperidine rings is 1. The van der Waals surface area contributed by atoms with Gasteiger partial charge in [0, 0.05) is 37.1 Å². The zero-order valence-corrected chi connectivity index (χ0v) is 14.5. The van der Waals surface area contributed by atoms with Gasteiger partial charge in [0.1, 0.15) is 0 Å². The lowest BCUT2D eigenvalue weighted by atomic mass is 10.0. The van der Waals surface area contributed by atoms with Crippen molar-refractivity contribution in [2.45, 2.75) is 52.2 Å². The molecule has 1 saturated heterocycles. The van der Waals surface area contributed by atoms with Crippen LogP contribution in [0.2, 0.25) is 0 Å². The summed E-state index contributed by atoms with van der Waals surface area (Å²) >= 11 is 0. The molecule has 1 aromatic heterocycles. The van der Waals surface area contributed by atoms with E-state index >= 15 is 0 Å². The van der Waals surface area contributed by atoms with E-state index in [0.717, 1.165) is 6.54 Å². The van der Waals surface area contributed by atoms with Gasteiger partial charge >= 0.3 is 0 Å². The van der Waals surface area contributed by atoms with Gasteiger partial charge in [0.2, 0.25) is 0 Å². The quantitative estimate of drug-likeness (QED) is 0.917. The second-order valence-corrected chi connectivity index (χ2v) is 6.96. The van der Waals surface area contributed by atoms with E-state index in [0.29, 0.717) is 12.1 Å². The number of anilines is 1. The minimum absolute atomic E-state index is 0.601. The molecule has 1 aliphatic rings. The molecule has 1 fully saturated rings. The fourth-order valence-corrected chi connectivity index (χ4v) is 3.24. The molecule has 0 aliphatic carbocycles. The Morgan fingerprint density at radius 3 is 2.43 bits per heavy atom. The average Bonchev–Trinajstić information content (AvgIpc) is 2.95. The number of likely N-dealkylation sites (tertiary alicyclic amines) is 1. The van der Waals surface area contributed by atoms with Gasteiger partial charge in [0.25, 0.3) is 0 Å². The largest absolute Gasteiger partial charge is 0.382 e. The summed E-state index contributed by atoms with van der Waals surface area (Å²) < 4.78 is 1.99. The SMILES string of the molecule is Cc1cnn(Cc2ccc(NC3CCN(C(C)C)CC3)cc2)c1. The molecule has 0 amide bonds. The highest BCUT2D eigenvalue weighted by Gasteiger charge is 2.20. The summed E-state index contributed by atoms with van der Waals surface area (Å²) in [6.07, 6.45) is 6.44. The molecular weight excluding hydrogens is 284 g/mol. The van der Waals surface area contributed by atoms with Gasteiger partial charge in [-0.15, -0.1) is 0 Å². The zero-order chi connectivity index (χ0) is 16.2. The molecule has 4 heteroatoms. The first-order valence-electron chi connectivity index (χ1n) is 8.69. The van der Waals surface area contributed by atoms with Gasteiger partial charge in [-0.3, -0.25) is 4.68 Å². The smallest absolute Gasteiger partial charge is 0.0659 e. The molecule has 124 valence electrons. The number of rotatable bonds is 5. The third-order valence-electron chi connectivity index (χ3n) is 4.69. The average molecular weight is 312 g/mol. The first kappa shape index (κ1) is 16.1.